The van der Waals surface area contributed by atoms with Gasteiger partial charge in [0.05, 0.1) is 6.26 Å². The van der Waals surface area contributed by atoms with E-state index in [2.05, 4.69) is 27.4 Å². The number of benzene rings is 2. The summed E-state index contributed by atoms with van der Waals surface area (Å²) < 4.78 is 33.0. The summed E-state index contributed by atoms with van der Waals surface area (Å²) in [4.78, 5) is 0.693. The van der Waals surface area contributed by atoms with Crippen molar-refractivity contribution in [2.45, 2.75) is 25.4 Å². The average molecular weight is 444 g/mol. The maximum absolute atomic E-state index is 11.9. The second-order valence-electron chi connectivity index (χ2n) is 7.51. The minimum atomic E-state index is -3.21. The van der Waals surface area contributed by atoms with E-state index in [-0.39, 0.29) is 5.92 Å². The molecule has 10 heteroatoms. The van der Waals surface area contributed by atoms with Gasteiger partial charge >= 0.3 is 0 Å². The molecule has 2 aromatic heterocycles. The molecule has 3 heterocycles. The molecule has 0 spiro atoms. The molecular weight excluding hydrogens is 422 g/mol. The topological polar surface area (TPSA) is 89.7 Å². The first-order valence-electron chi connectivity index (χ1n) is 9.75. The van der Waals surface area contributed by atoms with Crippen molar-refractivity contribution in [3.05, 3.63) is 53.3 Å². The average Bonchev–Trinajstić information content (AvgIpc) is 3.32. The van der Waals surface area contributed by atoms with Crippen molar-refractivity contribution >= 4 is 37.1 Å². The number of aromatic nitrogens is 4. The monoisotopic (exact) mass is 443 g/mol. The smallest absolute Gasteiger partial charge is 0.234 e. The highest BCUT2D eigenvalue weighted by atomic mass is 32.2. The molecule has 0 N–H and O–H groups in total. The maximum Gasteiger partial charge on any atom is 0.234 e. The lowest BCUT2D eigenvalue weighted by atomic mass is 9.99. The SMILES string of the molecule is CS(=O)(=O)N1CCCC(c2nnc3sc(COc4ccc5ccccc5c4)nn23)C1. The normalized spacial score (nSPS) is 18.2. The van der Waals surface area contributed by atoms with Crippen LogP contribution in [-0.2, 0) is 16.6 Å². The summed E-state index contributed by atoms with van der Waals surface area (Å²) >= 11 is 1.43. The Labute approximate surface area is 178 Å². The molecule has 0 bridgehead atoms. The van der Waals surface area contributed by atoms with Crippen molar-refractivity contribution in [1.29, 1.82) is 0 Å². The Hall–Kier alpha value is -2.56. The third-order valence-corrected chi connectivity index (χ3v) is 7.50. The molecule has 8 nitrogen and oxygen atoms in total. The Bertz CT molecular complexity index is 1310. The molecule has 30 heavy (non-hydrogen) atoms. The van der Waals surface area contributed by atoms with E-state index in [0.717, 1.165) is 29.0 Å². The van der Waals surface area contributed by atoms with Crippen LogP contribution in [0.5, 0.6) is 5.75 Å². The zero-order valence-electron chi connectivity index (χ0n) is 16.4. The number of fused-ring (bicyclic) bond motifs is 2. The lowest BCUT2D eigenvalue weighted by molar-refractivity contribution is 0.301. The summed E-state index contributed by atoms with van der Waals surface area (Å²) in [5.41, 5.74) is 0. The quantitative estimate of drug-likeness (QED) is 0.471. The minimum Gasteiger partial charge on any atom is -0.486 e. The van der Waals surface area contributed by atoms with Crippen LogP contribution in [0.15, 0.2) is 42.5 Å². The predicted molar refractivity (Wildman–Crippen MR) is 115 cm³/mol. The number of ether oxygens (including phenoxy) is 1. The van der Waals surface area contributed by atoms with Gasteiger partial charge in [0.1, 0.15) is 12.4 Å². The van der Waals surface area contributed by atoms with Crippen LogP contribution in [0.1, 0.15) is 29.6 Å². The molecule has 156 valence electrons. The summed E-state index contributed by atoms with van der Waals surface area (Å²) in [6.07, 6.45) is 2.92. The molecule has 1 saturated heterocycles. The summed E-state index contributed by atoms with van der Waals surface area (Å²) in [5.74, 6) is 1.49. The van der Waals surface area contributed by atoms with Crippen molar-refractivity contribution in [3.63, 3.8) is 0 Å². The first-order chi connectivity index (χ1) is 14.5. The number of piperidine rings is 1. The van der Waals surface area contributed by atoms with Gasteiger partial charge < -0.3 is 4.74 Å². The Morgan fingerprint density at radius 2 is 2.00 bits per heavy atom. The second-order valence-corrected chi connectivity index (χ2v) is 10.5. The number of sulfonamides is 1. The van der Waals surface area contributed by atoms with E-state index in [1.54, 1.807) is 4.52 Å². The lowest BCUT2D eigenvalue weighted by Gasteiger charge is -2.29. The van der Waals surface area contributed by atoms with Gasteiger partial charge in [-0.05, 0) is 35.7 Å². The summed E-state index contributed by atoms with van der Waals surface area (Å²) in [5, 5.41) is 16.3. The maximum atomic E-state index is 11.9. The van der Waals surface area contributed by atoms with Crippen molar-refractivity contribution in [3.8, 4) is 5.75 Å². The highest BCUT2D eigenvalue weighted by Gasteiger charge is 2.30. The number of hydrogen-bond acceptors (Lipinski definition) is 7. The van der Waals surface area contributed by atoms with Gasteiger partial charge in [-0.15, -0.1) is 10.2 Å². The van der Waals surface area contributed by atoms with Gasteiger partial charge in [-0.1, -0.05) is 41.7 Å². The van der Waals surface area contributed by atoms with Crippen LogP contribution >= 0.6 is 11.3 Å². The van der Waals surface area contributed by atoms with Gasteiger partial charge in [0, 0.05) is 19.0 Å². The van der Waals surface area contributed by atoms with Crippen LogP contribution in [0.2, 0.25) is 0 Å². The fraction of sp³-hybridized carbons (Fsp3) is 0.350. The molecule has 0 saturated carbocycles. The van der Waals surface area contributed by atoms with Crippen LogP contribution in [0.4, 0.5) is 0 Å². The van der Waals surface area contributed by atoms with E-state index >= 15 is 0 Å². The third kappa shape index (κ3) is 3.78. The molecule has 0 aliphatic carbocycles. The summed E-state index contributed by atoms with van der Waals surface area (Å²) in [6.45, 7) is 1.31. The Morgan fingerprint density at radius 1 is 1.17 bits per heavy atom. The minimum absolute atomic E-state index is 0.0140. The first kappa shape index (κ1) is 19.4. The number of rotatable bonds is 5. The fourth-order valence-corrected chi connectivity index (χ4v) is 5.51. The van der Waals surface area contributed by atoms with Crippen molar-refractivity contribution in [2.24, 2.45) is 0 Å². The van der Waals surface area contributed by atoms with Crippen LogP contribution in [-0.4, -0.2) is 51.9 Å². The summed E-state index contributed by atoms with van der Waals surface area (Å²) in [7, 11) is -3.21. The van der Waals surface area contributed by atoms with Gasteiger partial charge in [0.2, 0.25) is 15.0 Å². The zero-order valence-corrected chi connectivity index (χ0v) is 18.1. The van der Waals surface area contributed by atoms with Crippen molar-refractivity contribution in [2.75, 3.05) is 19.3 Å². The molecule has 1 unspecified atom stereocenters. The summed E-state index contributed by atoms with van der Waals surface area (Å²) in [6, 6.07) is 14.2. The fourth-order valence-electron chi connectivity index (χ4n) is 3.84. The zero-order chi connectivity index (χ0) is 20.7. The van der Waals surface area contributed by atoms with Crippen LogP contribution in [0, 0.1) is 0 Å². The van der Waals surface area contributed by atoms with Crippen LogP contribution in [0.25, 0.3) is 15.7 Å². The van der Waals surface area contributed by atoms with Crippen LogP contribution in [0.3, 0.4) is 0 Å². The van der Waals surface area contributed by atoms with E-state index < -0.39 is 10.0 Å². The van der Waals surface area contributed by atoms with E-state index in [1.165, 1.54) is 27.3 Å². The van der Waals surface area contributed by atoms with Gasteiger partial charge in [-0.25, -0.2) is 12.7 Å². The van der Waals surface area contributed by atoms with E-state index in [4.69, 9.17) is 4.74 Å². The number of hydrogen-bond donors (Lipinski definition) is 0. The molecule has 1 atom stereocenters. The van der Waals surface area contributed by atoms with E-state index in [1.807, 2.05) is 30.3 Å². The molecule has 1 aliphatic rings. The number of nitrogens with zero attached hydrogens (tertiary/aromatic N) is 5. The molecule has 1 fully saturated rings. The standard InChI is InChI=1S/C20H21N5O3S2/c1-30(26,27)24-10-4-7-16(12-24)19-21-22-20-25(19)23-18(29-20)13-28-17-9-8-14-5-2-3-6-15(14)11-17/h2-3,5-6,8-9,11,16H,4,7,10,12-13H2,1H3. The van der Waals surface area contributed by atoms with Gasteiger partial charge in [-0.2, -0.15) is 9.61 Å². The highest BCUT2D eigenvalue weighted by Crippen LogP contribution is 2.29. The van der Waals surface area contributed by atoms with Gasteiger partial charge in [0.25, 0.3) is 0 Å². The highest BCUT2D eigenvalue weighted by molar-refractivity contribution is 7.88. The molecule has 5 rings (SSSR count). The second kappa shape index (κ2) is 7.60. The van der Waals surface area contributed by atoms with Crippen molar-refractivity contribution < 1.29 is 13.2 Å². The van der Waals surface area contributed by atoms with Crippen LogP contribution < -0.4 is 4.74 Å². The van der Waals surface area contributed by atoms with E-state index in [0.29, 0.717) is 30.5 Å². The Kier molecular flexibility index (Phi) is 4.92. The van der Waals surface area contributed by atoms with Gasteiger partial charge in [-0.3, -0.25) is 0 Å². The molecule has 2 aromatic carbocycles. The largest absolute Gasteiger partial charge is 0.486 e. The first-order valence-corrected chi connectivity index (χ1v) is 12.4. The molecule has 4 aromatic rings. The Balaban J connectivity index is 1.34. The van der Waals surface area contributed by atoms with Crippen molar-refractivity contribution in [1.82, 2.24) is 24.1 Å². The lowest BCUT2D eigenvalue weighted by Crippen LogP contribution is -2.38. The molecule has 0 amide bonds. The van der Waals surface area contributed by atoms with Gasteiger partial charge in [0.15, 0.2) is 10.8 Å². The Morgan fingerprint density at radius 3 is 2.83 bits per heavy atom. The van der Waals surface area contributed by atoms with E-state index in [9.17, 15) is 8.42 Å². The molecule has 0 radical (unpaired) electrons. The molecule has 1 aliphatic heterocycles. The third-order valence-electron chi connectivity index (χ3n) is 5.36. The predicted octanol–water partition coefficient (Wildman–Crippen LogP) is 3.06. The molecular formula is C20H21N5O3S2.